The maximum absolute atomic E-state index is 5.51. The Morgan fingerprint density at radius 3 is 2.25 bits per heavy atom. The van der Waals surface area contributed by atoms with Crippen molar-refractivity contribution in [3.63, 3.8) is 0 Å². The zero-order valence-electron chi connectivity index (χ0n) is 11.3. The van der Waals surface area contributed by atoms with E-state index in [2.05, 4.69) is 13.8 Å². The lowest BCUT2D eigenvalue weighted by Crippen LogP contribution is -2.06. The summed E-state index contributed by atoms with van der Waals surface area (Å²) in [4.78, 5) is 0. The van der Waals surface area contributed by atoms with Gasteiger partial charge in [0.2, 0.25) is 0 Å². The van der Waals surface area contributed by atoms with Crippen molar-refractivity contribution in [1.82, 2.24) is 0 Å². The average molecular weight is 229 g/mol. The monoisotopic (exact) mass is 229 g/mol. The minimum absolute atomic E-state index is 0.745. The summed E-state index contributed by atoms with van der Waals surface area (Å²) >= 11 is 0. The van der Waals surface area contributed by atoms with E-state index >= 15 is 0 Å². The lowest BCUT2D eigenvalue weighted by molar-refractivity contribution is 0.125. The number of rotatable bonds is 12. The summed E-state index contributed by atoms with van der Waals surface area (Å²) in [7, 11) is 0. The lowest BCUT2D eigenvalue weighted by atomic mass is 9.94. The van der Waals surface area contributed by atoms with Crippen LogP contribution < -0.4 is 5.73 Å². The largest absolute Gasteiger partial charge is 0.381 e. The van der Waals surface area contributed by atoms with E-state index in [1.807, 2.05) is 0 Å². The highest BCUT2D eigenvalue weighted by Gasteiger charge is 2.05. The highest BCUT2D eigenvalue weighted by Crippen LogP contribution is 2.18. The maximum atomic E-state index is 5.51. The van der Waals surface area contributed by atoms with Gasteiger partial charge < -0.3 is 10.5 Å². The van der Waals surface area contributed by atoms with Crippen molar-refractivity contribution in [2.24, 2.45) is 11.7 Å². The lowest BCUT2D eigenvalue weighted by Gasteiger charge is -2.14. The number of unbranched alkanes of at least 4 members (excludes halogenated alkanes) is 2. The first-order valence-electron chi connectivity index (χ1n) is 7.12. The molecule has 98 valence electrons. The topological polar surface area (TPSA) is 35.2 Å². The fourth-order valence-corrected chi connectivity index (χ4v) is 2.00. The van der Waals surface area contributed by atoms with Crippen LogP contribution in [0.2, 0.25) is 0 Å². The van der Waals surface area contributed by atoms with Crippen molar-refractivity contribution in [2.45, 2.75) is 65.2 Å². The Bertz CT molecular complexity index is 128. The van der Waals surface area contributed by atoms with Crippen molar-refractivity contribution >= 4 is 0 Å². The molecule has 16 heavy (non-hydrogen) atoms. The number of hydrogen-bond acceptors (Lipinski definition) is 2. The van der Waals surface area contributed by atoms with Gasteiger partial charge in [0, 0.05) is 13.2 Å². The van der Waals surface area contributed by atoms with Gasteiger partial charge >= 0.3 is 0 Å². The molecule has 2 nitrogen and oxygen atoms in total. The van der Waals surface area contributed by atoms with Gasteiger partial charge in [-0.25, -0.2) is 0 Å². The Morgan fingerprint density at radius 2 is 1.62 bits per heavy atom. The SMILES string of the molecule is CCCCCC(CC)CCCOCCCN. The van der Waals surface area contributed by atoms with Crippen molar-refractivity contribution in [2.75, 3.05) is 19.8 Å². The molecule has 0 aliphatic heterocycles. The predicted molar refractivity (Wildman–Crippen MR) is 71.6 cm³/mol. The van der Waals surface area contributed by atoms with Crippen LogP contribution in [0, 0.1) is 5.92 Å². The van der Waals surface area contributed by atoms with Gasteiger partial charge in [-0.05, 0) is 31.7 Å². The summed E-state index contributed by atoms with van der Waals surface area (Å²) in [6.45, 7) is 7.08. The number of hydrogen-bond donors (Lipinski definition) is 1. The maximum Gasteiger partial charge on any atom is 0.0478 e. The third-order valence-corrected chi connectivity index (χ3v) is 3.19. The average Bonchev–Trinajstić information content (AvgIpc) is 2.31. The Balaban J connectivity index is 3.26. The van der Waals surface area contributed by atoms with Gasteiger partial charge in [-0.1, -0.05) is 46.0 Å². The van der Waals surface area contributed by atoms with Gasteiger partial charge in [-0.3, -0.25) is 0 Å². The summed E-state index contributed by atoms with van der Waals surface area (Å²) in [5.41, 5.74) is 5.40. The molecule has 0 saturated carbocycles. The second-order valence-electron chi connectivity index (χ2n) is 4.67. The van der Waals surface area contributed by atoms with Crippen LogP contribution in [-0.4, -0.2) is 19.8 Å². The molecule has 2 heteroatoms. The van der Waals surface area contributed by atoms with E-state index < -0.39 is 0 Å². The zero-order chi connectivity index (χ0) is 12.1. The van der Waals surface area contributed by atoms with Gasteiger partial charge in [-0.2, -0.15) is 0 Å². The number of ether oxygens (including phenoxy) is 1. The highest BCUT2D eigenvalue weighted by atomic mass is 16.5. The Morgan fingerprint density at radius 1 is 0.938 bits per heavy atom. The van der Waals surface area contributed by atoms with Gasteiger partial charge in [0.25, 0.3) is 0 Å². The van der Waals surface area contributed by atoms with Gasteiger partial charge in [0.1, 0.15) is 0 Å². The minimum Gasteiger partial charge on any atom is -0.381 e. The molecule has 0 radical (unpaired) electrons. The third-order valence-electron chi connectivity index (χ3n) is 3.19. The van der Waals surface area contributed by atoms with Gasteiger partial charge in [0.15, 0.2) is 0 Å². The predicted octanol–water partition coefficient (Wildman–Crippen LogP) is 3.74. The summed E-state index contributed by atoms with van der Waals surface area (Å²) in [5, 5.41) is 0. The first kappa shape index (κ1) is 15.9. The molecule has 0 aromatic carbocycles. The minimum atomic E-state index is 0.745. The van der Waals surface area contributed by atoms with Crippen LogP contribution in [0.25, 0.3) is 0 Å². The molecule has 0 amide bonds. The molecule has 0 heterocycles. The molecule has 0 rings (SSSR count). The molecule has 0 fully saturated rings. The summed E-state index contributed by atoms with van der Waals surface area (Å²) in [6, 6.07) is 0. The molecule has 0 spiro atoms. The smallest absolute Gasteiger partial charge is 0.0478 e. The van der Waals surface area contributed by atoms with Crippen LogP contribution in [0.5, 0.6) is 0 Å². The molecule has 2 N–H and O–H groups in total. The van der Waals surface area contributed by atoms with E-state index in [0.29, 0.717) is 0 Å². The second-order valence-corrected chi connectivity index (χ2v) is 4.67. The first-order chi connectivity index (χ1) is 7.85. The second kappa shape index (κ2) is 13.0. The van der Waals surface area contributed by atoms with E-state index in [1.54, 1.807) is 0 Å². The molecule has 0 saturated heterocycles. The van der Waals surface area contributed by atoms with Crippen LogP contribution in [-0.2, 0) is 4.74 Å². The van der Waals surface area contributed by atoms with Crippen molar-refractivity contribution in [1.29, 1.82) is 0 Å². The molecule has 0 aliphatic carbocycles. The van der Waals surface area contributed by atoms with Crippen LogP contribution in [0.4, 0.5) is 0 Å². The van der Waals surface area contributed by atoms with Crippen molar-refractivity contribution < 1.29 is 4.74 Å². The van der Waals surface area contributed by atoms with Crippen LogP contribution >= 0.6 is 0 Å². The summed E-state index contributed by atoms with van der Waals surface area (Å²) in [5.74, 6) is 0.921. The van der Waals surface area contributed by atoms with E-state index in [0.717, 1.165) is 32.1 Å². The molecular weight excluding hydrogens is 198 g/mol. The molecule has 0 aromatic rings. The molecule has 0 bridgehead atoms. The summed E-state index contributed by atoms with van der Waals surface area (Å²) < 4.78 is 5.51. The van der Waals surface area contributed by atoms with E-state index in [9.17, 15) is 0 Å². The normalized spacial score (nSPS) is 12.9. The fraction of sp³-hybridized carbons (Fsp3) is 1.00. The highest BCUT2D eigenvalue weighted by molar-refractivity contribution is 4.58. The Hall–Kier alpha value is -0.0800. The first-order valence-corrected chi connectivity index (χ1v) is 7.12. The standard InChI is InChI=1S/C14H31NO/c1-3-5-6-9-14(4-2)10-7-12-16-13-8-11-15/h14H,3-13,15H2,1-2H3. The quantitative estimate of drug-likeness (QED) is 0.517. The molecule has 0 aromatic heterocycles. The molecule has 1 unspecified atom stereocenters. The fourth-order valence-electron chi connectivity index (χ4n) is 2.00. The van der Waals surface area contributed by atoms with E-state index in [-0.39, 0.29) is 0 Å². The molecule has 0 aliphatic rings. The van der Waals surface area contributed by atoms with Crippen LogP contribution in [0.1, 0.15) is 65.2 Å². The van der Waals surface area contributed by atoms with Gasteiger partial charge in [-0.15, -0.1) is 0 Å². The number of nitrogens with two attached hydrogens (primary N) is 1. The summed E-state index contributed by atoms with van der Waals surface area (Å²) in [6.07, 6.45) is 10.4. The molecular formula is C14H31NO. The van der Waals surface area contributed by atoms with Crippen LogP contribution in [0.3, 0.4) is 0 Å². The zero-order valence-corrected chi connectivity index (χ0v) is 11.3. The Labute approximate surface area is 102 Å². The van der Waals surface area contributed by atoms with Crippen LogP contribution in [0.15, 0.2) is 0 Å². The third kappa shape index (κ3) is 10.4. The van der Waals surface area contributed by atoms with Gasteiger partial charge in [0.05, 0.1) is 0 Å². The van der Waals surface area contributed by atoms with Crippen molar-refractivity contribution in [3.05, 3.63) is 0 Å². The van der Waals surface area contributed by atoms with E-state index in [1.165, 1.54) is 44.9 Å². The molecule has 1 atom stereocenters. The Kier molecular flexibility index (Phi) is 12.9. The van der Waals surface area contributed by atoms with Crippen molar-refractivity contribution in [3.8, 4) is 0 Å². The van der Waals surface area contributed by atoms with E-state index in [4.69, 9.17) is 10.5 Å².